The maximum atomic E-state index is 12.8. The molecule has 10 nitrogen and oxygen atoms in total. The summed E-state index contributed by atoms with van der Waals surface area (Å²) in [6.07, 6.45) is 1.04. The van der Waals surface area contributed by atoms with Crippen molar-refractivity contribution in [2.75, 3.05) is 52.8 Å². The van der Waals surface area contributed by atoms with Crippen molar-refractivity contribution < 1.29 is 31.1 Å². The third-order valence-corrected chi connectivity index (χ3v) is 8.52. The number of rotatable bonds is 10. The fourth-order valence-electron chi connectivity index (χ4n) is 3.44. The number of carbonyl (C=O) groups excluding carboxylic acids is 1. The van der Waals surface area contributed by atoms with Crippen LogP contribution in [0.1, 0.15) is 11.6 Å². The minimum Gasteiger partial charge on any atom is -0.492 e. The van der Waals surface area contributed by atoms with Crippen LogP contribution in [0.4, 0.5) is 0 Å². The first-order valence-electron chi connectivity index (χ1n) is 10.7. The number of hydrogen-bond acceptors (Lipinski definition) is 7. The van der Waals surface area contributed by atoms with Crippen molar-refractivity contribution in [3.05, 3.63) is 60.2 Å². The zero-order valence-electron chi connectivity index (χ0n) is 19.1. The van der Waals surface area contributed by atoms with Gasteiger partial charge in [0, 0.05) is 20.1 Å². The molecule has 0 radical (unpaired) electrons. The molecule has 12 heteroatoms. The first-order valence-corrected chi connectivity index (χ1v) is 14.0. The number of nitrogens with zero attached hydrogens (tertiary/aromatic N) is 2. The molecule has 3 rings (SSSR count). The molecule has 1 heterocycles. The van der Waals surface area contributed by atoms with Crippen LogP contribution < -0.4 is 10.1 Å². The highest BCUT2D eigenvalue weighted by molar-refractivity contribution is 7.89. The highest BCUT2D eigenvalue weighted by Gasteiger charge is 2.30. The van der Waals surface area contributed by atoms with Gasteiger partial charge in [-0.05, 0) is 29.8 Å². The van der Waals surface area contributed by atoms with Gasteiger partial charge in [-0.15, -0.1) is 0 Å². The van der Waals surface area contributed by atoms with Gasteiger partial charge in [-0.1, -0.05) is 30.3 Å². The summed E-state index contributed by atoms with van der Waals surface area (Å²) in [7, 11) is -5.84. The maximum absolute atomic E-state index is 12.8. The number of amides is 1. The number of morpholine rings is 1. The van der Waals surface area contributed by atoms with Crippen LogP contribution in [0.25, 0.3) is 0 Å². The lowest BCUT2D eigenvalue weighted by molar-refractivity contribution is -0.124. The molecular weight excluding hydrogens is 482 g/mol. The van der Waals surface area contributed by atoms with E-state index in [1.165, 1.54) is 23.5 Å². The summed E-state index contributed by atoms with van der Waals surface area (Å²) in [4.78, 5) is 13.0. The Bertz CT molecular complexity index is 1160. The highest BCUT2D eigenvalue weighted by Crippen LogP contribution is 2.22. The molecule has 2 aromatic rings. The van der Waals surface area contributed by atoms with Crippen LogP contribution in [0, 0.1) is 0 Å². The minimum atomic E-state index is -3.61. The first-order chi connectivity index (χ1) is 16.1. The van der Waals surface area contributed by atoms with Crippen LogP contribution >= 0.6 is 0 Å². The van der Waals surface area contributed by atoms with E-state index >= 15 is 0 Å². The summed E-state index contributed by atoms with van der Waals surface area (Å²) in [5, 5.41) is 2.70. The Kier molecular flexibility index (Phi) is 8.66. The van der Waals surface area contributed by atoms with Gasteiger partial charge in [0.15, 0.2) is 0 Å². The highest BCUT2D eigenvalue weighted by atomic mass is 32.2. The molecule has 0 aliphatic carbocycles. The van der Waals surface area contributed by atoms with Crippen LogP contribution in [0.5, 0.6) is 5.75 Å². The van der Waals surface area contributed by atoms with Crippen LogP contribution in [-0.4, -0.2) is 84.1 Å². The quantitative estimate of drug-likeness (QED) is 0.469. The molecule has 1 aliphatic heterocycles. The second-order valence-electron chi connectivity index (χ2n) is 7.72. The summed E-state index contributed by atoms with van der Waals surface area (Å²) >= 11 is 0. The van der Waals surface area contributed by atoms with Crippen molar-refractivity contribution in [2.45, 2.75) is 10.9 Å². The van der Waals surface area contributed by atoms with Gasteiger partial charge in [0.1, 0.15) is 18.4 Å². The Morgan fingerprint density at radius 2 is 1.68 bits per heavy atom. The van der Waals surface area contributed by atoms with E-state index in [0.717, 1.165) is 10.6 Å². The summed E-state index contributed by atoms with van der Waals surface area (Å²) in [6.45, 7) is 1.63. The molecule has 186 valence electrons. The molecule has 34 heavy (non-hydrogen) atoms. The van der Waals surface area contributed by atoms with E-state index in [1.54, 1.807) is 42.5 Å². The van der Waals surface area contributed by atoms with E-state index < -0.39 is 32.0 Å². The molecule has 1 fully saturated rings. The SMILES string of the molecule is CN(C(C(=O)NCCOc1ccc(S(=O)(=O)N2CCOCC2)cc1)c1ccccc1)S(C)(=O)=O. The van der Waals surface area contributed by atoms with Crippen LogP contribution in [0.3, 0.4) is 0 Å². The number of benzene rings is 2. The number of likely N-dealkylation sites (N-methyl/N-ethyl adjacent to an activating group) is 1. The van der Waals surface area contributed by atoms with Gasteiger partial charge in [-0.25, -0.2) is 16.8 Å². The third kappa shape index (κ3) is 6.54. The van der Waals surface area contributed by atoms with E-state index in [9.17, 15) is 21.6 Å². The lowest BCUT2D eigenvalue weighted by atomic mass is 10.1. The lowest BCUT2D eigenvalue weighted by Crippen LogP contribution is -2.42. The number of hydrogen-bond donors (Lipinski definition) is 1. The minimum absolute atomic E-state index is 0.116. The van der Waals surface area contributed by atoms with E-state index in [2.05, 4.69) is 5.32 Å². The second kappa shape index (κ2) is 11.3. The molecule has 1 saturated heterocycles. The van der Waals surface area contributed by atoms with Gasteiger partial charge >= 0.3 is 0 Å². The van der Waals surface area contributed by atoms with E-state index in [0.29, 0.717) is 37.6 Å². The number of carbonyl (C=O) groups is 1. The van der Waals surface area contributed by atoms with Crippen molar-refractivity contribution in [2.24, 2.45) is 0 Å². The van der Waals surface area contributed by atoms with Gasteiger partial charge < -0.3 is 14.8 Å². The zero-order chi connectivity index (χ0) is 24.8. The molecule has 1 N–H and O–H groups in total. The average molecular weight is 512 g/mol. The largest absolute Gasteiger partial charge is 0.492 e. The standard InChI is InChI=1S/C22H29N3O7S2/c1-24(33(2,27)28)21(18-6-4-3-5-7-18)22(26)23-12-15-32-19-8-10-20(11-9-19)34(29,30)25-13-16-31-17-14-25/h3-11,21H,12-17H2,1-2H3,(H,23,26). The Morgan fingerprint density at radius 3 is 2.26 bits per heavy atom. The predicted octanol–water partition coefficient (Wildman–Crippen LogP) is 0.835. The second-order valence-corrected chi connectivity index (χ2v) is 11.7. The Labute approximate surface area is 200 Å². The van der Waals surface area contributed by atoms with Gasteiger partial charge in [-0.3, -0.25) is 4.79 Å². The molecule has 2 aromatic carbocycles. The zero-order valence-corrected chi connectivity index (χ0v) is 20.7. The van der Waals surface area contributed by atoms with Crippen molar-refractivity contribution in [3.63, 3.8) is 0 Å². The molecule has 1 atom stereocenters. The lowest BCUT2D eigenvalue weighted by Gasteiger charge is -2.26. The van der Waals surface area contributed by atoms with Crippen molar-refractivity contribution in [1.29, 1.82) is 0 Å². The van der Waals surface area contributed by atoms with Crippen molar-refractivity contribution >= 4 is 26.0 Å². The Hall–Kier alpha value is -2.51. The smallest absolute Gasteiger partial charge is 0.243 e. The number of nitrogens with one attached hydrogen (secondary N) is 1. The van der Waals surface area contributed by atoms with E-state index in [1.807, 2.05) is 0 Å². The molecule has 1 unspecified atom stereocenters. The Morgan fingerprint density at radius 1 is 1.06 bits per heavy atom. The third-order valence-electron chi connectivity index (χ3n) is 5.35. The van der Waals surface area contributed by atoms with E-state index in [-0.39, 0.29) is 18.0 Å². The van der Waals surface area contributed by atoms with Crippen LogP contribution in [0.2, 0.25) is 0 Å². The van der Waals surface area contributed by atoms with Crippen molar-refractivity contribution in [3.8, 4) is 5.75 Å². The van der Waals surface area contributed by atoms with Crippen molar-refractivity contribution in [1.82, 2.24) is 13.9 Å². The number of ether oxygens (including phenoxy) is 2. The molecule has 0 spiro atoms. The number of sulfonamides is 2. The molecular formula is C22H29N3O7S2. The molecule has 0 aromatic heterocycles. The molecule has 1 aliphatic rings. The Balaban J connectivity index is 1.56. The van der Waals surface area contributed by atoms with Gasteiger partial charge in [-0.2, -0.15) is 8.61 Å². The maximum Gasteiger partial charge on any atom is 0.243 e. The van der Waals surface area contributed by atoms with Gasteiger partial charge in [0.05, 0.1) is 30.9 Å². The summed E-state index contributed by atoms with van der Waals surface area (Å²) in [6, 6.07) is 13.7. The predicted molar refractivity (Wildman–Crippen MR) is 126 cm³/mol. The van der Waals surface area contributed by atoms with Gasteiger partial charge in [0.25, 0.3) is 0 Å². The molecule has 1 amide bonds. The summed E-state index contributed by atoms with van der Waals surface area (Å²) < 4.78 is 62.6. The first kappa shape index (κ1) is 26.1. The topological polar surface area (TPSA) is 122 Å². The molecule has 0 bridgehead atoms. The summed E-state index contributed by atoms with van der Waals surface area (Å²) in [5.41, 5.74) is 0.547. The molecule has 0 saturated carbocycles. The monoisotopic (exact) mass is 511 g/mol. The van der Waals surface area contributed by atoms with Crippen LogP contribution in [-0.2, 0) is 29.6 Å². The fourth-order valence-corrected chi connectivity index (χ4v) is 5.45. The fraction of sp³-hybridized carbons (Fsp3) is 0.409. The normalized spacial score (nSPS) is 16.2. The van der Waals surface area contributed by atoms with Gasteiger partial charge in [0.2, 0.25) is 26.0 Å². The van der Waals surface area contributed by atoms with Crippen LogP contribution in [0.15, 0.2) is 59.5 Å². The van der Waals surface area contributed by atoms with E-state index in [4.69, 9.17) is 9.47 Å². The summed E-state index contributed by atoms with van der Waals surface area (Å²) in [5.74, 6) is -0.0299. The average Bonchev–Trinajstić information content (AvgIpc) is 2.83.